The van der Waals surface area contributed by atoms with Crippen LogP contribution in [0.1, 0.15) is 31.2 Å². The summed E-state index contributed by atoms with van der Waals surface area (Å²) in [5.41, 5.74) is 1.19. The molecule has 1 amide bonds. The molecule has 2 heterocycles. The summed E-state index contributed by atoms with van der Waals surface area (Å²) in [6.45, 7) is 0.783. The lowest BCUT2D eigenvalue weighted by Gasteiger charge is -2.18. The first-order chi connectivity index (χ1) is 10.1. The van der Waals surface area contributed by atoms with E-state index in [4.69, 9.17) is 0 Å². The molecule has 3 rings (SSSR count). The lowest BCUT2D eigenvalue weighted by molar-refractivity contribution is -0.384. The zero-order valence-corrected chi connectivity index (χ0v) is 11.5. The molecular formula is C15H15N3O3. The molecule has 0 radical (unpaired) electrons. The van der Waals surface area contributed by atoms with Gasteiger partial charge in [-0.1, -0.05) is 18.6 Å². The number of nitro benzene ring substituents is 1. The van der Waals surface area contributed by atoms with Crippen molar-refractivity contribution in [3.63, 3.8) is 0 Å². The maximum atomic E-state index is 12.0. The summed E-state index contributed by atoms with van der Waals surface area (Å²) in [4.78, 5) is 28.5. The first-order valence-electron chi connectivity index (χ1n) is 7.01. The molecule has 2 aliphatic heterocycles. The third-order valence-corrected chi connectivity index (χ3v) is 3.72. The Morgan fingerprint density at radius 1 is 1.29 bits per heavy atom. The number of non-ortho nitro benzene ring substituents is 1. The summed E-state index contributed by atoms with van der Waals surface area (Å²) in [6, 6.07) is 6.28. The molecule has 0 aliphatic carbocycles. The molecule has 0 aromatic heterocycles. The second-order valence-electron chi connectivity index (χ2n) is 5.18. The predicted molar refractivity (Wildman–Crippen MR) is 78.7 cm³/mol. The van der Waals surface area contributed by atoms with Gasteiger partial charge in [-0.15, -0.1) is 0 Å². The van der Waals surface area contributed by atoms with Crippen LogP contribution < -0.4 is 0 Å². The van der Waals surface area contributed by atoms with E-state index in [0.29, 0.717) is 11.3 Å². The molecule has 6 nitrogen and oxygen atoms in total. The lowest BCUT2D eigenvalue weighted by atomic mass is 10.1. The minimum atomic E-state index is -0.438. The standard InChI is InChI=1S/C15H15N3O3/c19-15-13(17-8-3-1-2-7-14(17)16-15)10-11-5-4-6-12(9-11)18(20)21/h4-6,9-10H,1-3,7-8H2/b13-10+. The number of nitro groups is 1. The summed E-state index contributed by atoms with van der Waals surface area (Å²) < 4.78 is 0. The summed E-state index contributed by atoms with van der Waals surface area (Å²) >= 11 is 0. The molecule has 21 heavy (non-hydrogen) atoms. The van der Waals surface area contributed by atoms with Gasteiger partial charge in [0.25, 0.3) is 11.6 Å². The highest BCUT2D eigenvalue weighted by molar-refractivity contribution is 6.13. The maximum absolute atomic E-state index is 12.0. The Kier molecular flexibility index (Phi) is 3.51. The van der Waals surface area contributed by atoms with Crippen LogP contribution in [0.5, 0.6) is 0 Å². The summed E-state index contributed by atoms with van der Waals surface area (Å²) in [5, 5.41) is 10.8. The number of rotatable bonds is 2. The van der Waals surface area contributed by atoms with E-state index < -0.39 is 4.92 Å². The Morgan fingerprint density at radius 2 is 2.14 bits per heavy atom. The van der Waals surface area contributed by atoms with Crippen LogP contribution in [-0.2, 0) is 4.79 Å². The van der Waals surface area contributed by atoms with Gasteiger partial charge >= 0.3 is 0 Å². The molecule has 2 aliphatic rings. The van der Waals surface area contributed by atoms with Crippen molar-refractivity contribution in [3.8, 4) is 0 Å². The van der Waals surface area contributed by atoms with Crippen LogP contribution in [0.3, 0.4) is 0 Å². The number of amides is 1. The fraction of sp³-hybridized carbons (Fsp3) is 0.333. The largest absolute Gasteiger partial charge is 0.325 e. The summed E-state index contributed by atoms with van der Waals surface area (Å²) in [6.07, 6.45) is 5.72. The first kappa shape index (κ1) is 13.5. The summed E-state index contributed by atoms with van der Waals surface area (Å²) in [7, 11) is 0. The third-order valence-electron chi connectivity index (χ3n) is 3.72. The average Bonchev–Trinajstić information content (AvgIpc) is 2.65. The van der Waals surface area contributed by atoms with Crippen molar-refractivity contribution in [2.75, 3.05) is 6.54 Å². The van der Waals surface area contributed by atoms with Crippen molar-refractivity contribution in [2.45, 2.75) is 25.7 Å². The first-order valence-corrected chi connectivity index (χ1v) is 7.01. The van der Waals surface area contributed by atoms with Gasteiger partial charge in [-0.05, 0) is 24.5 Å². The molecule has 0 saturated carbocycles. The molecule has 0 bridgehead atoms. The van der Waals surface area contributed by atoms with Gasteiger partial charge in [0.1, 0.15) is 11.5 Å². The van der Waals surface area contributed by atoms with E-state index in [9.17, 15) is 14.9 Å². The van der Waals surface area contributed by atoms with Crippen molar-refractivity contribution in [1.82, 2.24) is 4.90 Å². The highest BCUT2D eigenvalue weighted by atomic mass is 16.6. The number of benzene rings is 1. The second-order valence-corrected chi connectivity index (χ2v) is 5.18. The van der Waals surface area contributed by atoms with Gasteiger partial charge in [-0.25, -0.2) is 0 Å². The van der Waals surface area contributed by atoms with Crippen molar-refractivity contribution in [2.24, 2.45) is 4.99 Å². The molecule has 0 atom stereocenters. The Hall–Kier alpha value is -2.50. The fourth-order valence-electron chi connectivity index (χ4n) is 2.69. The normalized spacial score (nSPS) is 20.2. The highest BCUT2D eigenvalue weighted by Gasteiger charge is 2.29. The molecule has 1 aromatic carbocycles. The van der Waals surface area contributed by atoms with Gasteiger partial charge in [-0.3, -0.25) is 14.9 Å². The van der Waals surface area contributed by atoms with Gasteiger partial charge in [0.15, 0.2) is 0 Å². The van der Waals surface area contributed by atoms with Crippen LogP contribution in [0.4, 0.5) is 5.69 Å². The second kappa shape index (κ2) is 5.47. The van der Waals surface area contributed by atoms with Gasteiger partial charge in [-0.2, -0.15) is 4.99 Å². The van der Waals surface area contributed by atoms with Gasteiger partial charge in [0, 0.05) is 25.1 Å². The highest BCUT2D eigenvalue weighted by Crippen LogP contribution is 2.26. The summed E-state index contributed by atoms with van der Waals surface area (Å²) in [5.74, 6) is 0.576. The van der Waals surface area contributed by atoms with E-state index in [2.05, 4.69) is 4.99 Å². The smallest absolute Gasteiger partial charge is 0.295 e. The minimum Gasteiger partial charge on any atom is -0.325 e. The van der Waals surface area contributed by atoms with Gasteiger partial charge < -0.3 is 4.90 Å². The number of fused-ring (bicyclic) bond motifs is 1. The molecule has 0 N–H and O–H groups in total. The number of hydrogen-bond donors (Lipinski definition) is 0. The minimum absolute atomic E-state index is 0.0202. The molecule has 1 saturated heterocycles. The van der Waals surface area contributed by atoms with Crippen molar-refractivity contribution in [1.29, 1.82) is 0 Å². The molecule has 1 aromatic rings. The van der Waals surface area contributed by atoms with E-state index in [1.54, 1.807) is 18.2 Å². The van der Waals surface area contributed by atoms with Crippen LogP contribution in [0.15, 0.2) is 35.0 Å². The Labute approximate surface area is 121 Å². The van der Waals surface area contributed by atoms with E-state index >= 15 is 0 Å². The fourth-order valence-corrected chi connectivity index (χ4v) is 2.69. The molecule has 6 heteroatoms. The van der Waals surface area contributed by atoms with Gasteiger partial charge in [0.2, 0.25) is 0 Å². The number of amidine groups is 1. The number of carbonyl (C=O) groups excluding carboxylic acids is 1. The molecule has 108 valence electrons. The van der Waals surface area contributed by atoms with Gasteiger partial charge in [0.05, 0.1) is 4.92 Å². The van der Waals surface area contributed by atoms with E-state index in [0.717, 1.165) is 38.1 Å². The Morgan fingerprint density at radius 3 is 2.95 bits per heavy atom. The topological polar surface area (TPSA) is 75.8 Å². The van der Waals surface area contributed by atoms with E-state index in [1.165, 1.54) is 12.1 Å². The van der Waals surface area contributed by atoms with Crippen LogP contribution in [-0.4, -0.2) is 28.1 Å². The SMILES string of the molecule is O=C1N=C2CCCCCN2/C1=C/c1cccc([N+](=O)[O-])c1. The van der Waals surface area contributed by atoms with Crippen LogP contribution >= 0.6 is 0 Å². The Bertz CT molecular complexity index is 664. The number of aliphatic imine (C=N–C) groups is 1. The number of carbonyl (C=O) groups is 1. The Balaban J connectivity index is 1.94. The molecule has 1 fully saturated rings. The zero-order valence-electron chi connectivity index (χ0n) is 11.5. The molecular weight excluding hydrogens is 270 g/mol. The number of hydrogen-bond acceptors (Lipinski definition) is 4. The molecule has 0 unspecified atom stereocenters. The van der Waals surface area contributed by atoms with Crippen LogP contribution in [0.25, 0.3) is 6.08 Å². The number of nitrogens with zero attached hydrogens (tertiary/aromatic N) is 3. The van der Waals surface area contributed by atoms with Crippen molar-refractivity contribution < 1.29 is 9.72 Å². The van der Waals surface area contributed by atoms with Crippen LogP contribution in [0.2, 0.25) is 0 Å². The third kappa shape index (κ3) is 2.69. The molecule has 0 spiro atoms. The van der Waals surface area contributed by atoms with Crippen molar-refractivity contribution in [3.05, 3.63) is 45.6 Å². The van der Waals surface area contributed by atoms with E-state index in [1.807, 2.05) is 4.90 Å². The average molecular weight is 285 g/mol. The maximum Gasteiger partial charge on any atom is 0.295 e. The zero-order chi connectivity index (χ0) is 14.8. The lowest BCUT2D eigenvalue weighted by Crippen LogP contribution is -2.26. The van der Waals surface area contributed by atoms with Crippen molar-refractivity contribution >= 4 is 23.5 Å². The monoisotopic (exact) mass is 285 g/mol. The van der Waals surface area contributed by atoms with E-state index in [-0.39, 0.29) is 11.6 Å². The predicted octanol–water partition coefficient (Wildman–Crippen LogP) is 2.75. The van der Waals surface area contributed by atoms with Crippen LogP contribution in [0, 0.1) is 10.1 Å². The quantitative estimate of drug-likeness (QED) is 0.475.